The summed E-state index contributed by atoms with van der Waals surface area (Å²) < 4.78 is 18.1. The zero-order valence-corrected chi connectivity index (χ0v) is 9.50. The molecule has 3 N–H and O–H groups in total. The third kappa shape index (κ3) is 3.04. The van der Waals surface area contributed by atoms with Crippen molar-refractivity contribution in [1.29, 1.82) is 5.41 Å². The molecule has 0 aliphatic carbocycles. The van der Waals surface area contributed by atoms with Gasteiger partial charge in [0.05, 0.1) is 5.75 Å². The first-order chi connectivity index (χ1) is 8.15. The van der Waals surface area contributed by atoms with Crippen LogP contribution in [0.5, 0.6) is 0 Å². The molecule has 0 fully saturated rings. The summed E-state index contributed by atoms with van der Waals surface area (Å²) in [5.41, 5.74) is 5.84. The second-order valence-corrected chi connectivity index (χ2v) is 4.18. The molecule has 88 valence electrons. The predicted molar refractivity (Wildman–Crippen MR) is 62.9 cm³/mol. The van der Waals surface area contributed by atoms with Gasteiger partial charge in [-0.3, -0.25) is 5.41 Å². The highest BCUT2D eigenvalue weighted by molar-refractivity contribution is 8.12. The number of rotatable bonds is 3. The first-order valence-electron chi connectivity index (χ1n) is 4.70. The second kappa shape index (κ2) is 4.96. The minimum atomic E-state index is -0.319. The molecule has 1 heterocycles. The summed E-state index contributed by atoms with van der Waals surface area (Å²) in [5, 5.41) is 14.7. The van der Waals surface area contributed by atoms with Crippen molar-refractivity contribution in [1.82, 2.24) is 10.2 Å². The van der Waals surface area contributed by atoms with E-state index in [1.165, 1.54) is 12.1 Å². The van der Waals surface area contributed by atoms with Crippen LogP contribution in [-0.2, 0) is 5.75 Å². The van der Waals surface area contributed by atoms with Crippen LogP contribution in [0.25, 0.3) is 11.5 Å². The Balaban J connectivity index is 2.12. The summed E-state index contributed by atoms with van der Waals surface area (Å²) in [5.74, 6) is 0.734. The Labute approximate surface area is 101 Å². The lowest BCUT2D eigenvalue weighted by molar-refractivity contribution is 0.528. The number of hydrogen-bond donors (Lipinski definition) is 2. The normalized spacial score (nSPS) is 10.4. The molecule has 0 saturated heterocycles. The van der Waals surface area contributed by atoms with Crippen LogP contribution in [0, 0.1) is 11.2 Å². The van der Waals surface area contributed by atoms with Crippen LogP contribution < -0.4 is 5.73 Å². The Morgan fingerprint density at radius 1 is 1.35 bits per heavy atom. The lowest BCUT2D eigenvalue weighted by Gasteiger charge is -1.94. The van der Waals surface area contributed by atoms with E-state index in [1.807, 2.05) is 0 Å². The van der Waals surface area contributed by atoms with E-state index in [4.69, 9.17) is 15.6 Å². The van der Waals surface area contributed by atoms with Crippen molar-refractivity contribution in [2.75, 3.05) is 0 Å². The van der Waals surface area contributed by atoms with E-state index in [0.717, 1.165) is 11.8 Å². The quantitative estimate of drug-likeness (QED) is 0.644. The number of hydrogen-bond acceptors (Lipinski definition) is 5. The minimum absolute atomic E-state index is 0.00784. The molecule has 1 aromatic heterocycles. The molecule has 0 bridgehead atoms. The summed E-state index contributed by atoms with van der Waals surface area (Å²) >= 11 is 1.10. The van der Waals surface area contributed by atoms with Crippen LogP contribution in [-0.4, -0.2) is 15.4 Å². The first kappa shape index (κ1) is 11.6. The van der Waals surface area contributed by atoms with Crippen molar-refractivity contribution >= 4 is 16.9 Å². The Morgan fingerprint density at radius 3 is 2.71 bits per heavy atom. The molecule has 17 heavy (non-hydrogen) atoms. The van der Waals surface area contributed by atoms with Gasteiger partial charge in [0.2, 0.25) is 11.8 Å². The molecule has 0 unspecified atom stereocenters. The van der Waals surface area contributed by atoms with Crippen molar-refractivity contribution in [3.05, 3.63) is 36.0 Å². The standard InChI is InChI=1S/C10H9FN4OS/c11-7-3-1-6(2-4-7)9-15-14-8(16-9)5-17-10(12)13/h1-4H,5H2,(H3,12,13). The van der Waals surface area contributed by atoms with Crippen molar-refractivity contribution < 1.29 is 8.81 Å². The average Bonchev–Trinajstić information content (AvgIpc) is 2.76. The van der Waals surface area contributed by atoms with Crippen LogP contribution in [0.15, 0.2) is 28.7 Å². The SMILES string of the molecule is N=C(N)SCc1nnc(-c2ccc(F)cc2)o1. The zero-order chi connectivity index (χ0) is 12.3. The molecular weight excluding hydrogens is 243 g/mol. The van der Waals surface area contributed by atoms with Gasteiger partial charge in [0.15, 0.2) is 5.17 Å². The number of nitrogens with two attached hydrogens (primary N) is 1. The van der Waals surface area contributed by atoms with Gasteiger partial charge in [-0.15, -0.1) is 10.2 Å². The molecule has 0 spiro atoms. The lowest BCUT2D eigenvalue weighted by Crippen LogP contribution is -2.03. The van der Waals surface area contributed by atoms with E-state index in [2.05, 4.69) is 10.2 Å². The number of benzene rings is 1. The molecule has 5 nitrogen and oxygen atoms in total. The van der Waals surface area contributed by atoms with E-state index >= 15 is 0 Å². The largest absolute Gasteiger partial charge is 0.420 e. The summed E-state index contributed by atoms with van der Waals surface area (Å²) in [6, 6.07) is 5.77. The average molecular weight is 252 g/mol. The van der Waals surface area contributed by atoms with Gasteiger partial charge in [0.1, 0.15) is 5.82 Å². The zero-order valence-electron chi connectivity index (χ0n) is 8.68. The Hall–Kier alpha value is -1.89. The topological polar surface area (TPSA) is 88.8 Å². The van der Waals surface area contributed by atoms with Gasteiger partial charge in [-0.05, 0) is 24.3 Å². The predicted octanol–water partition coefficient (Wildman–Crippen LogP) is 2.00. The summed E-state index contributed by atoms with van der Waals surface area (Å²) in [4.78, 5) is 0. The lowest BCUT2D eigenvalue weighted by atomic mass is 10.2. The summed E-state index contributed by atoms with van der Waals surface area (Å²) in [7, 11) is 0. The van der Waals surface area contributed by atoms with Gasteiger partial charge in [-0.1, -0.05) is 11.8 Å². The van der Waals surface area contributed by atoms with Gasteiger partial charge >= 0.3 is 0 Å². The number of nitrogens with zero attached hydrogens (tertiary/aromatic N) is 2. The molecule has 0 aliphatic rings. The van der Waals surface area contributed by atoms with Crippen molar-refractivity contribution in [3.8, 4) is 11.5 Å². The van der Waals surface area contributed by atoms with Crippen molar-refractivity contribution in [3.63, 3.8) is 0 Å². The van der Waals surface area contributed by atoms with E-state index in [0.29, 0.717) is 23.1 Å². The summed E-state index contributed by atoms with van der Waals surface area (Å²) in [6.07, 6.45) is 0. The van der Waals surface area contributed by atoms with Gasteiger partial charge in [-0.25, -0.2) is 4.39 Å². The third-order valence-corrected chi connectivity index (χ3v) is 2.61. The van der Waals surface area contributed by atoms with E-state index in [9.17, 15) is 4.39 Å². The third-order valence-electron chi connectivity index (χ3n) is 1.91. The smallest absolute Gasteiger partial charge is 0.247 e. The Morgan fingerprint density at radius 2 is 2.06 bits per heavy atom. The first-order valence-corrected chi connectivity index (χ1v) is 5.69. The highest BCUT2D eigenvalue weighted by Gasteiger charge is 2.08. The molecule has 2 aromatic rings. The fourth-order valence-electron chi connectivity index (χ4n) is 1.16. The number of halogens is 1. The molecule has 1 aromatic carbocycles. The summed E-state index contributed by atoms with van der Waals surface area (Å²) in [6.45, 7) is 0. The molecule has 0 amide bonds. The Kier molecular flexibility index (Phi) is 3.38. The van der Waals surface area contributed by atoms with E-state index in [-0.39, 0.29) is 11.0 Å². The molecular formula is C10H9FN4OS. The van der Waals surface area contributed by atoms with Crippen molar-refractivity contribution in [2.45, 2.75) is 5.75 Å². The van der Waals surface area contributed by atoms with E-state index in [1.54, 1.807) is 12.1 Å². The van der Waals surface area contributed by atoms with Crippen LogP contribution in [0.3, 0.4) is 0 Å². The maximum Gasteiger partial charge on any atom is 0.247 e. The molecule has 0 atom stereocenters. The second-order valence-electron chi connectivity index (χ2n) is 3.16. The molecule has 7 heteroatoms. The fourth-order valence-corrected chi connectivity index (χ4v) is 1.56. The van der Waals surface area contributed by atoms with Gasteiger partial charge in [0.25, 0.3) is 0 Å². The van der Waals surface area contributed by atoms with Gasteiger partial charge < -0.3 is 10.2 Å². The van der Waals surface area contributed by atoms with Gasteiger partial charge in [0, 0.05) is 5.56 Å². The van der Waals surface area contributed by atoms with Crippen LogP contribution >= 0.6 is 11.8 Å². The molecule has 0 aliphatic heterocycles. The van der Waals surface area contributed by atoms with Crippen LogP contribution in [0.4, 0.5) is 4.39 Å². The highest BCUT2D eigenvalue weighted by Crippen LogP contribution is 2.19. The molecule has 0 radical (unpaired) electrons. The maximum atomic E-state index is 12.7. The van der Waals surface area contributed by atoms with Crippen LogP contribution in [0.2, 0.25) is 0 Å². The minimum Gasteiger partial charge on any atom is -0.420 e. The molecule has 0 saturated carbocycles. The van der Waals surface area contributed by atoms with Gasteiger partial charge in [-0.2, -0.15) is 0 Å². The number of thioether (sulfide) groups is 1. The van der Waals surface area contributed by atoms with Crippen LogP contribution in [0.1, 0.15) is 5.89 Å². The number of amidine groups is 1. The van der Waals surface area contributed by atoms with E-state index < -0.39 is 0 Å². The number of aromatic nitrogens is 2. The Bertz CT molecular complexity index is 525. The monoisotopic (exact) mass is 252 g/mol. The van der Waals surface area contributed by atoms with Crippen molar-refractivity contribution in [2.24, 2.45) is 5.73 Å². The molecule has 2 rings (SSSR count). The number of nitrogens with one attached hydrogen (secondary N) is 1. The highest BCUT2D eigenvalue weighted by atomic mass is 32.2. The maximum absolute atomic E-state index is 12.7. The fraction of sp³-hybridized carbons (Fsp3) is 0.100.